The average molecular weight is 326 g/mol. The number of amides is 2. The third-order valence-electron chi connectivity index (χ3n) is 4.53. The molecule has 0 bridgehead atoms. The molecular weight excluding hydrogens is 300 g/mol. The largest absolute Gasteiger partial charge is 0.336 e. The highest BCUT2D eigenvalue weighted by molar-refractivity contribution is 5.95. The van der Waals surface area contributed by atoms with Crippen molar-refractivity contribution >= 4 is 23.6 Å². The Balaban J connectivity index is 1.63. The van der Waals surface area contributed by atoms with Crippen molar-refractivity contribution in [1.29, 1.82) is 0 Å². The second-order valence-corrected chi connectivity index (χ2v) is 7.19. The Hall–Kier alpha value is -2.10. The van der Waals surface area contributed by atoms with Crippen molar-refractivity contribution in [2.75, 3.05) is 18.0 Å². The third-order valence-corrected chi connectivity index (χ3v) is 4.53. The molecule has 0 unspecified atom stereocenters. The minimum Gasteiger partial charge on any atom is -0.336 e. The fourth-order valence-corrected chi connectivity index (χ4v) is 3.15. The highest BCUT2D eigenvalue weighted by Crippen LogP contribution is 2.28. The van der Waals surface area contributed by atoms with E-state index >= 15 is 0 Å². The van der Waals surface area contributed by atoms with Crippen LogP contribution in [0.2, 0.25) is 0 Å². The van der Waals surface area contributed by atoms with Gasteiger partial charge in [-0.15, -0.1) is 0 Å². The zero-order valence-electron chi connectivity index (χ0n) is 14.6. The van der Waals surface area contributed by atoms with Crippen molar-refractivity contribution in [3.05, 3.63) is 35.9 Å². The van der Waals surface area contributed by atoms with E-state index in [9.17, 15) is 9.59 Å². The zero-order valence-corrected chi connectivity index (χ0v) is 14.6. The van der Waals surface area contributed by atoms with Crippen molar-refractivity contribution < 1.29 is 9.59 Å². The first-order valence-corrected chi connectivity index (χ1v) is 8.93. The molecule has 1 aliphatic heterocycles. The molecular formula is C20H26N2O2. The van der Waals surface area contributed by atoms with E-state index in [1.165, 1.54) is 0 Å². The molecule has 2 aliphatic rings. The predicted octanol–water partition coefficient (Wildman–Crippen LogP) is 3.47. The number of hydrogen-bond donors (Lipinski definition) is 0. The lowest BCUT2D eigenvalue weighted by molar-refractivity contribution is -0.127. The summed E-state index contributed by atoms with van der Waals surface area (Å²) in [6.07, 6.45) is 7.38. The van der Waals surface area contributed by atoms with Crippen LogP contribution in [0.4, 0.5) is 5.69 Å². The summed E-state index contributed by atoms with van der Waals surface area (Å²) in [5.41, 5.74) is 1.93. The van der Waals surface area contributed by atoms with E-state index in [4.69, 9.17) is 0 Å². The first kappa shape index (κ1) is 16.7. The number of rotatable bonds is 6. The van der Waals surface area contributed by atoms with Gasteiger partial charge in [0.15, 0.2) is 0 Å². The SMILES string of the molecule is CC(C)CN(C(=O)/C=C/c1ccc(N2CCCC2=O)cc1)C1CC1. The number of nitrogens with zero attached hydrogens (tertiary/aromatic N) is 2. The van der Waals surface area contributed by atoms with Gasteiger partial charge < -0.3 is 9.80 Å². The molecule has 128 valence electrons. The van der Waals surface area contributed by atoms with Gasteiger partial charge in [-0.05, 0) is 49.0 Å². The van der Waals surface area contributed by atoms with E-state index in [-0.39, 0.29) is 11.8 Å². The average Bonchev–Trinajstić information content (AvgIpc) is 3.32. The fraction of sp³-hybridized carbons (Fsp3) is 0.500. The minimum absolute atomic E-state index is 0.102. The van der Waals surface area contributed by atoms with Gasteiger partial charge >= 0.3 is 0 Å². The van der Waals surface area contributed by atoms with Crippen LogP contribution in [0, 0.1) is 5.92 Å². The lowest BCUT2D eigenvalue weighted by Crippen LogP contribution is -2.34. The van der Waals surface area contributed by atoms with Gasteiger partial charge in [-0.1, -0.05) is 26.0 Å². The summed E-state index contributed by atoms with van der Waals surface area (Å²) < 4.78 is 0. The van der Waals surface area contributed by atoms with Crippen LogP contribution in [-0.4, -0.2) is 35.8 Å². The molecule has 0 N–H and O–H groups in total. The van der Waals surface area contributed by atoms with Crippen LogP contribution in [0.3, 0.4) is 0 Å². The Morgan fingerprint density at radius 3 is 2.54 bits per heavy atom. The molecule has 3 rings (SSSR count). The van der Waals surface area contributed by atoms with Gasteiger partial charge in [-0.25, -0.2) is 0 Å². The minimum atomic E-state index is 0.102. The Morgan fingerprint density at radius 2 is 2.00 bits per heavy atom. The normalized spacial score (nSPS) is 18.0. The van der Waals surface area contributed by atoms with Gasteiger partial charge in [0.25, 0.3) is 0 Å². The summed E-state index contributed by atoms with van der Waals surface area (Å²) >= 11 is 0. The number of carbonyl (C=O) groups is 2. The number of benzene rings is 1. The lowest BCUT2D eigenvalue weighted by Gasteiger charge is -2.22. The summed E-state index contributed by atoms with van der Waals surface area (Å²) in [5, 5.41) is 0. The predicted molar refractivity (Wildman–Crippen MR) is 96.6 cm³/mol. The number of hydrogen-bond acceptors (Lipinski definition) is 2. The van der Waals surface area contributed by atoms with Crippen LogP contribution in [0.5, 0.6) is 0 Å². The monoisotopic (exact) mass is 326 g/mol. The van der Waals surface area contributed by atoms with Crippen molar-refractivity contribution in [3.8, 4) is 0 Å². The van der Waals surface area contributed by atoms with E-state index in [0.717, 1.165) is 43.6 Å². The molecule has 2 amide bonds. The molecule has 1 saturated carbocycles. The van der Waals surface area contributed by atoms with Gasteiger partial charge in [0.1, 0.15) is 0 Å². The first-order chi connectivity index (χ1) is 11.5. The molecule has 0 radical (unpaired) electrons. The van der Waals surface area contributed by atoms with E-state index < -0.39 is 0 Å². The first-order valence-electron chi connectivity index (χ1n) is 8.93. The Kier molecular flexibility index (Phi) is 5.03. The molecule has 1 aromatic rings. The highest BCUT2D eigenvalue weighted by atomic mass is 16.2. The zero-order chi connectivity index (χ0) is 17.1. The highest BCUT2D eigenvalue weighted by Gasteiger charge is 2.31. The second-order valence-electron chi connectivity index (χ2n) is 7.19. The molecule has 1 aliphatic carbocycles. The summed E-state index contributed by atoms with van der Waals surface area (Å²) in [6.45, 7) is 5.91. The van der Waals surface area contributed by atoms with E-state index in [0.29, 0.717) is 18.4 Å². The maximum Gasteiger partial charge on any atom is 0.246 e. The van der Waals surface area contributed by atoms with Gasteiger partial charge in [-0.3, -0.25) is 9.59 Å². The summed E-state index contributed by atoms with van der Waals surface area (Å²) in [7, 11) is 0. The van der Waals surface area contributed by atoms with E-state index in [1.807, 2.05) is 40.1 Å². The molecule has 0 atom stereocenters. The van der Waals surface area contributed by atoms with Gasteiger partial charge in [0.2, 0.25) is 11.8 Å². The van der Waals surface area contributed by atoms with Gasteiger partial charge in [-0.2, -0.15) is 0 Å². The van der Waals surface area contributed by atoms with Crippen molar-refractivity contribution in [2.45, 2.75) is 45.6 Å². The van der Waals surface area contributed by atoms with Crippen molar-refractivity contribution in [3.63, 3.8) is 0 Å². The summed E-state index contributed by atoms with van der Waals surface area (Å²) in [5.74, 6) is 0.785. The topological polar surface area (TPSA) is 40.6 Å². The molecule has 0 aromatic heterocycles. The van der Waals surface area contributed by atoms with Crippen LogP contribution in [0.25, 0.3) is 6.08 Å². The van der Waals surface area contributed by atoms with Crippen LogP contribution < -0.4 is 4.90 Å². The molecule has 2 fully saturated rings. The maximum absolute atomic E-state index is 12.4. The molecule has 1 aromatic carbocycles. The molecule has 24 heavy (non-hydrogen) atoms. The van der Waals surface area contributed by atoms with Gasteiger partial charge in [0, 0.05) is 37.3 Å². The van der Waals surface area contributed by atoms with Crippen LogP contribution in [0.15, 0.2) is 30.3 Å². The summed E-state index contributed by atoms with van der Waals surface area (Å²) in [6, 6.07) is 8.29. The number of anilines is 1. The molecule has 1 heterocycles. The Labute approximate surface area is 144 Å². The molecule has 1 saturated heterocycles. The van der Waals surface area contributed by atoms with Crippen LogP contribution >= 0.6 is 0 Å². The fourth-order valence-electron chi connectivity index (χ4n) is 3.15. The smallest absolute Gasteiger partial charge is 0.246 e. The van der Waals surface area contributed by atoms with Crippen molar-refractivity contribution in [1.82, 2.24) is 4.90 Å². The maximum atomic E-state index is 12.4. The number of carbonyl (C=O) groups excluding carboxylic acids is 2. The third kappa shape index (κ3) is 4.05. The molecule has 0 spiro atoms. The Bertz CT molecular complexity index is 630. The quantitative estimate of drug-likeness (QED) is 0.751. The standard InChI is InChI=1S/C20H26N2O2/c1-15(2)14-22(18-10-11-18)20(24)12-7-16-5-8-17(9-6-16)21-13-3-4-19(21)23/h5-9,12,15,18H,3-4,10-11,13-14H2,1-2H3/b12-7+. The van der Waals surface area contributed by atoms with E-state index in [1.54, 1.807) is 6.08 Å². The lowest BCUT2D eigenvalue weighted by atomic mass is 10.1. The van der Waals surface area contributed by atoms with Crippen LogP contribution in [0.1, 0.15) is 45.1 Å². The molecule has 4 heteroatoms. The second kappa shape index (κ2) is 7.20. The summed E-state index contributed by atoms with van der Waals surface area (Å²) in [4.78, 5) is 28.0. The van der Waals surface area contributed by atoms with E-state index in [2.05, 4.69) is 13.8 Å². The Morgan fingerprint density at radius 1 is 1.29 bits per heavy atom. The van der Waals surface area contributed by atoms with Crippen molar-refractivity contribution in [2.24, 2.45) is 5.92 Å². The molecule has 4 nitrogen and oxygen atoms in total. The van der Waals surface area contributed by atoms with Gasteiger partial charge in [0.05, 0.1) is 0 Å². The van der Waals surface area contributed by atoms with Crippen LogP contribution in [-0.2, 0) is 9.59 Å².